The van der Waals surface area contributed by atoms with E-state index >= 15 is 0 Å². The Balaban J connectivity index is 3.76. The Morgan fingerprint density at radius 1 is 1.08 bits per heavy atom. The van der Waals surface area contributed by atoms with Crippen molar-refractivity contribution in [2.75, 3.05) is 6.61 Å². The molecule has 0 aliphatic rings. The van der Waals surface area contributed by atoms with Crippen LogP contribution in [0.4, 0.5) is 0 Å². The number of thioether (sulfide) groups is 1. The molecule has 150 valence electrons. The van der Waals surface area contributed by atoms with Gasteiger partial charge in [-0.05, 0) is 18.4 Å². The van der Waals surface area contributed by atoms with Crippen molar-refractivity contribution >= 4 is 34.1 Å². The Morgan fingerprint density at radius 3 is 2.12 bits per heavy atom. The molecular weight excluding hydrogens is 366 g/mol. The van der Waals surface area contributed by atoms with Gasteiger partial charge in [0.2, 0.25) is 0 Å². The lowest BCUT2D eigenvalue weighted by Gasteiger charge is -2.13. The maximum atomic E-state index is 11.5. The van der Waals surface area contributed by atoms with Gasteiger partial charge in [0.15, 0.2) is 0 Å². The highest BCUT2D eigenvalue weighted by Crippen LogP contribution is 2.21. The maximum Gasteiger partial charge on any atom is 0.308 e. The maximum absolute atomic E-state index is 11.5. The second kappa shape index (κ2) is 17.6. The van der Waals surface area contributed by atoms with Crippen LogP contribution in [0, 0.1) is 5.92 Å². The van der Waals surface area contributed by atoms with E-state index in [-0.39, 0.29) is 18.5 Å². The van der Waals surface area contributed by atoms with Gasteiger partial charge in [0.05, 0.1) is 5.92 Å². The predicted octanol–water partition coefficient (Wildman–Crippen LogP) is 7.19. The average Bonchev–Trinajstić information content (AvgIpc) is 2.61. The van der Waals surface area contributed by atoms with E-state index in [1.54, 1.807) is 13.8 Å². The zero-order chi connectivity index (χ0) is 19.6. The molecule has 0 aliphatic heterocycles. The highest BCUT2D eigenvalue weighted by molar-refractivity contribution is 8.23. The number of esters is 1. The van der Waals surface area contributed by atoms with Crippen LogP contribution in [0.15, 0.2) is 5.11 Å². The second-order valence-electron chi connectivity index (χ2n) is 6.87. The van der Waals surface area contributed by atoms with E-state index < -0.39 is 5.37 Å². The van der Waals surface area contributed by atoms with E-state index in [1.807, 2.05) is 0 Å². The number of azide groups is 1. The summed E-state index contributed by atoms with van der Waals surface area (Å²) >= 11 is 6.71. The molecule has 0 spiro atoms. The summed E-state index contributed by atoms with van der Waals surface area (Å²) in [5, 5.41) is 3.20. The van der Waals surface area contributed by atoms with E-state index in [4.69, 9.17) is 22.5 Å². The molecule has 0 bridgehead atoms. The summed E-state index contributed by atoms with van der Waals surface area (Å²) < 4.78 is 5.96. The minimum absolute atomic E-state index is 0.0733. The highest BCUT2D eigenvalue weighted by atomic mass is 32.2. The first kappa shape index (κ1) is 25.2. The summed E-state index contributed by atoms with van der Waals surface area (Å²) in [5.41, 5.74) is 8.65. The molecule has 0 saturated carbocycles. The number of rotatable bonds is 16. The van der Waals surface area contributed by atoms with Crippen LogP contribution in [-0.2, 0) is 9.53 Å². The van der Waals surface area contributed by atoms with E-state index in [9.17, 15) is 4.79 Å². The molecule has 26 heavy (non-hydrogen) atoms. The molecule has 5 nitrogen and oxygen atoms in total. The fraction of sp³-hybridized carbons (Fsp3) is 0.895. The lowest BCUT2D eigenvalue weighted by Crippen LogP contribution is -2.18. The summed E-state index contributed by atoms with van der Waals surface area (Å²) in [4.78, 5) is 14.3. The fourth-order valence-electron chi connectivity index (χ4n) is 2.44. The van der Waals surface area contributed by atoms with Crippen LogP contribution in [0.25, 0.3) is 10.4 Å². The quantitative estimate of drug-likeness (QED) is 0.0684. The number of unbranched alkanes of at least 4 members (excludes halogenated alkanes) is 9. The van der Waals surface area contributed by atoms with Gasteiger partial charge in [-0.25, -0.2) is 0 Å². The second-order valence-corrected chi connectivity index (χ2v) is 8.89. The van der Waals surface area contributed by atoms with Crippen molar-refractivity contribution in [3.05, 3.63) is 10.4 Å². The van der Waals surface area contributed by atoms with E-state index in [0.29, 0.717) is 0 Å². The lowest BCUT2D eigenvalue weighted by atomic mass is 10.1. The average molecular weight is 402 g/mol. The van der Waals surface area contributed by atoms with Crippen molar-refractivity contribution < 1.29 is 9.53 Å². The van der Waals surface area contributed by atoms with Crippen molar-refractivity contribution in [2.24, 2.45) is 11.0 Å². The van der Waals surface area contributed by atoms with Crippen LogP contribution in [0.3, 0.4) is 0 Å². The summed E-state index contributed by atoms with van der Waals surface area (Å²) in [5.74, 6) is -0.477. The number of nitrogens with zero attached hydrogens (tertiary/aromatic N) is 3. The third-order valence-corrected chi connectivity index (χ3v) is 5.48. The van der Waals surface area contributed by atoms with Crippen molar-refractivity contribution in [3.8, 4) is 0 Å². The highest BCUT2D eigenvalue weighted by Gasteiger charge is 2.15. The zero-order valence-corrected chi connectivity index (χ0v) is 18.2. The molecule has 0 N–H and O–H groups in total. The Kier molecular flexibility index (Phi) is 17.1. The van der Waals surface area contributed by atoms with Gasteiger partial charge in [-0.15, -0.1) is 11.8 Å². The molecule has 1 atom stereocenters. The number of hydrogen-bond acceptors (Lipinski definition) is 5. The molecule has 0 rings (SSSR count). The van der Waals surface area contributed by atoms with Crippen LogP contribution in [0.1, 0.15) is 91.4 Å². The van der Waals surface area contributed by atoms with Crippen molar-refractivity contribution in [3.63, 3.8) is 0 Å². The Morgan fingerprint density at radius 2 is 1.62 bits per heavy atom. The topological polar surface area (TPSA) is 75.1 Å². The van der Waals surface area contributed by atoms with Crippen molar-refractivity contribution in [2.45, 2.75) is 96.8 Å². The SMILES string of the molecule is CCCCCCCCCCCCC(=S)SC(COC(=O)C(C)C)N=[N+]=[N-]. The molecule has 0 amide bonds. The van der Waals surface area contributed by atoms with Crippen molar-refractivity contribution in [1.82, 2.24) is 0 Å². The Bertz CT molecular complexity index is 439. The first-order valence-electron chi connectivity index (χ1n) is 9.91. The molecule has 0 aliphatic carbocycles. The normalized spacial score (nSPS) is 11.8. The third kappa shape index (κ3) is 15.5. The molecule has 0 saturated heterocycles. The van der Waals surface area contributed by atoms with Gasteiger partial charge in [-0.2, -0.15) is 0 Å². The van der Waals surface area contributed by atoms with Gasteiger partial charge in [0.1, 0.15) is 12.0 Å². The molecule has 0 aromatic carbocycles. The van der Waals surface area contributed by atoms with Gasteiger partial charge in [-0.3, -0.25) is 4.79 Å². The zero-order valence-electron chi connectivity index (χ0n) is 16.6. The Labute approximate surface area is 168 Å². The standard InChI is InChI=1S/C19H35N3O2S2/c1-4-5-6-7-8-9-10-11-12-13-14-18(25)26-17(21-22-20)15-24-19(23)16(2)3/h16-17H,4-15H2,1-3H3. The van der Waals surface area contributed by atoms with E-state index in [2.05, 4.69) is 16.9 Å². The van der Waals surface area contributed by atoms with Crippen LogP contribution in [0.2, 0.25) is 0 Å². The largest absolute Gasteiger partial charge is 0.464 e. The van der Waals surface area contributed by atoms with Gasteiger partial charge in [0.25, 0.3) is 0 Å². The van der Waals surface area contributed by atoms with Crippen LogP contribution in [-0.4, -0.2) is 22.1 Å². The molecule has 0 fully saturated rings. The summed E-state index contributed by atoms with van der Waals surface area (Å²) in [6.45, 7) is 5.86. The summed E-state index contributed by atoms with van der Waals surface area (Å²) in [6, 6.07) is 0. The third-order valence-electron chi connectivity index (χ3n) is 4.02. The minimum Gasteiger partial charge on any atom is -0.464 e. The van der Waals surface area contributed by atoms with Gasteiger partial charge in [0, 0.05) is 9.11 Å². The van der Waals surface area contributed by atoms with Crippen LogP contribution in [0.5, 0.6) is 0 Å². The lowest BCUT2D eigenvalue weighted by molar-refractivity contribution is -0.147. The molecule has 0 heterocycles. The monoisotopic (exact) mass is 401 g/mol. The number of hydrogen-bond donors (Lipinski definition) is 0. The van der Waals surface area contributed by atoms with Crippen molar-refractivity contribution in [1.29, 1.82) is 0 Å². The molecule has 0 radical (unpaired) electrons. The molecular formula is C19H35N3O2S2. The molecule has 1 unspecified atom stereocenters. The number of thiocarbonyl (C=S) groups is 1. The van der Waals surface area contributed by atoms with Crippen LogP contribution >= 0.6 is 24.0 Å². The van der Waals surface area contributed by atoms with Gasteiger partial charge >= 0.3 is 5.97 Å². The predicted molar refractivity (Wildman–Crippen MR) is 115 cm³/mol. The summed E-state index contributed by atoms with van der Waals surface area (Å²) in [6.07, 6.45) is 13.8. The van der Waals surface area contributed by atoms with Gasteiger partial charge < -0.3 is 4.74 Å². The number of ether oxygens (including phenoxy) is 1. The first-order valence-corrected chi connectivity index (χ1v) is 11.2. The van der Waals surface area contributed by atoms with Crippen LogP contribution < -0.4 is 0 Å². The van der Waals surface area contributed by atoms with E-state index in [0.717, 1.165) is 17.0 Å². The minimum atomic E-state index is -0.474. The van der Waals surface area contributed by atoms with E-state index in [1.165, 1.54) is 69.5 Å². The smallest absolute Gasteiger partial charge is 0.308 e. The molecule has 0 aromatic rings. The Hall–Kier alpha value is -0.780. The fourth-order valence-corrected chi connectivity index (χ4v) is 3.70. The first-order chi connectivity index (χ1) is 12.5. The number of carbonyl (C=O) groups is 1. The number of carbonyl (C=O) groups excluding carboxylic acids is 1. The molecule has 7 heteroatoms. The van der Waals surface area contributed by atoms with Gasteiger partial charge in [-0.1, -0.05) is 95.9 Å². The molecule has 0 aromatic heterocycles. The summed E-state index contributed by atoms with van der Waals surface area (Å²) in [7, 11) is 0.